The molecule has 0 saturated heterocycles. The van der Waals surface area contributed by atoms with E-state index in [1.54, 1.807) is 0 Å². The monoisotopic (exact) mass is 282 g/mol. The van der Waals surface area contributed by atoms with Gasteiger partial charge in [-0.3, -0.25) is 4.79 Å². The predicted molar refractivity (Wildman–Crippen MR) is 80.0 cm³/mol. The number of hydrogen-bond acceptors (Lipinski definition) is 3. The molecule has 4 nitrogen and oxygen atoms in total. The van der Waals surface area contributed by atoms with E-state index in [9.17, 15) is 4.79 Å². The number of ether oxygens (including phenoxy) is 1. The molecule has 0 aliphatic heterocycles. The number of carbonyl (C=O) groups is 1. The molecule has 4 heteroatoms. The van der Waals surface area contributed by atoms with Crippen molar-refractivity contribution in [3.8, 4) is 0 Å². The van der Waals surface area contributed by atoms with Crippen molar-refractivity contribution in [2.24, 2.45) is 29.2 Å². The van der Waals surface area contributed by atoms with Crippen LogP contribution in [0.15, 0.2) is 0 Å². The molecule has 2 rings (SSSR count). The third-order valence-corrected chi connectivity index (χ3v) is 5.70. The molecular formula is C16H30N2O2. The minimum absolute atomic E-state index is 0.194. The van der Waals surface area contributed by atoms with Gasteiger partial charge >= 0.3 is 0 Å². The van der Waals surface area contributed by atoms with Gasteiger partial charge in [-0.1, -0.05) is 20.3 Å². The number of amides is 1. The summed E-state index contributed by atoms with van der Waals surface area (Å²) in [5.41, 5.74) is 10.8. The van der Waals surface area contributed by atoms with Crippen molar-refractivity contribution in [3.63, 3.8) is 0 Å². The molecule has 0 aromatic heterocycles. The maximum absolute atomic E-state index is 11.5. The van der Waals surface area contributed by atoms with Gasteiger partial charge in [0.15, 0.2) is 0 Å². The van der Waals surface area contributed by atoms with Gasteiger partial charge in [0.05, 0.1) is 11.6 Å². The van der Waals surface area contributed by atoms with Crippen LogP contribution < -0.4 is 11.5 Å². The van der Waals surface area contributed by atoms with Gasteiger partial charge in [-0.15, -0.1) is 0 Å². The molecule has 2 saturated carbocycles. The van der Waals surface area contributed by atoms with Gasteiger partial charge in [0, 0.05) is 6.61 Å². The first kappa shape index (κ1) is 15.8. The Bertz CT molecular complexity index is 347. The summed E-state index contributed by atoms with van der Waals surface area (Å²) in [4.78, 5) is 11.5. The quantitative estimate of drug-likeness (QED) is 0.811. The largest absolute Gasteiger partial charge is 0.378 e. The second kappa shape index (κ2) is 6.44. The topological polar surface area (TPSA) is 78.3 Å². The summed E-state index contributed by atoms with van der Waals surface area (Å²) >= 11 is 0. The van der Waals surface area contributed by atoms with E-state index in [1.807, 2.05) is 0 Å². The Morgan fingerprint density at radius 3 is 2.65 bits per heavy atom. The molecule has 2 fully saturated rings. The zero-order valence-electron chi connectivity index (χ0n) is 12.9. The number of hydrogen-bond donors (Lipinski definition) is 2. The molecule has 2 aliphatic rings. The fourth-order valence-electron chi connectivity index (χ4n) is 3.86. The smallest absolute Gasteiger partial charge is 0.237 e. The van der Waals surface area contributed by atoms with Gasteiger partial charge in [0.25, 0.3) is 0 Å². The molecule has 5 atom stereocenters. The summed E-state index contributed by atoms with van der Waals surface area (Å²) in [6, 6.07) is 0. The van der Waals surface area contributed by atoms with E-state index in [0.29, 0.717) is 12.7 Å². The molecule has 0 bridgehead atoms. The number of nitrogens with two attached hydrogens (primary N) is 2. The van der Waals surface area contributed by atoms with Crippen molar-refractivity contribution in [3.05, 3.63) is 0 Å². The number of rotatable bonds is 5. The van der Waals surface area contributed by atoms with Crippen LogP contribution in [0.2, 0.25) is 0 Å². The van der Waals surface area contributed by atoms with Crippen molar-refractivity contribution in [1.29, 1.82) is 0 Å². The van der Waals surface area contributed by atoms with Crippen LogP contribution in [0.4, 0.5) is 0 Å². The summed E-state index contributed by atoms with van der Waals surface area (Å²) < 4.78 is 6.03. The van der Waals surface area contributed by atoms with Gasteiger partial charge in [-0.25, -0.2) is 0 Å². The van der Waals surface area contributed by atoms with Gasteiger partial charge in [0.2, 0.25) is 5.91 Å². The molecule has 0 heterocycles. The first-order valence-corrected chi connectivity index (χ1v) is 8.14. The first-order chi connectivity index (χ1) is 9.43. The fourth-order valence-corrected chi connectivity index (χ4v) is 3.86. The average Bonchev–Trinajstić information content (AvgIpc) is 2.77. The molecule has 4 N–H and O–H groups in total. The third-order valence-electron chi connectivity index (χ3n) is 5.70. The second-order valence-corrected chi connectivity index (χ2v) is 7.04. The number of primary amides is 1. The van der Waals surface area contributed by atoms with Crippen LogP contribution in [0.25, 0.3) is 0 Å². The highest BCUT2D eigenvalue weighted by molar-refractivity contribution is 5.85. The number of carbonyl (C=O) groups excluding carboxylic acids is 1. The highest BCUT2D eigenvalue weighted by atomic mass is 16.5. The fraction of sp³-hybridized carbons (Fsp3) is 0.938. The first-order valence-electron chi connectivity index (χ1n) is 8.14. The van der Waals surface area contributed by atoms with Crippen LogP contribution in [0.1, 0.15) is 58.8 Å². The molecule has 0 spiro atoms. The normalized spacial score (nSPS) is 41.8. The summed E-state index contributed by atoms with van der Waals surface area (Å²) in [7, 11) is 0. The van der Waals surface area contributed by atoms with Gasteiger partial charge in [-0.2, -0.15) is 0 Å². The van der Waals surface area contributed by atoms with Crippen LogP contribution in [0.3, 0.4) is 0 Å². The molecule has 1 amide bonds. The maximum atomic E-state index is 11.5. The van der Waals surface area contributed by atoms with Gasteiger partial charge in [-0.05, 0) is 56.3 Å². The van der Waals surface area contributed by atoms with Crippen molar-refractivity contribution in [2.75, 3.05) is 6.61 Å². The Balaban J connectivity index is 1.75. The lowest BCUT2D eigenvalue weighted by Gasteiger charge is -2.33. The molecular weight excluding hydrogens is 252 g/mol. The highest BCUT2D eigenvalue weighted by Gasteiger charge is 2.44. The molecule has 5 unspecified atom stereocenters. The minimum Gasteiger partial charge on any atom is -0.378 e. The zero-order chi connectivity index (χ0) is 14.8. The maximum Gasteiger partial charge on any atom is 0.237 e. The Morgan fingerprint density at radius 1 is 1.25 bits per heavy atom. The van der Waals surface area contributed by atoms with Crippen LogP contribution in [0.5, 0.6) is 0 Å². The lowest BCUT2D eigenvalue weighted by Crippen LogP contribution is -2.54. The Kier molecular flexibility index (Phi) is 5.08. The molecule has 0 aromatic carbocycles. The molecule has 0 radical (unpaired) electrons. The Labute approximate surface area is 122 Å². The Hall–Kier alpha value is -0.610. The second-order valence-electron chi connectivity index (χ2n) is 7.04. The lowest BCUT2D eigenvalue weighted by molar-refractivity contribution is -0.124. The van der Waals surface area contributed by atoms with Crippen LogP contribution in [0, 0.1) is 17.8 Å². The zero-order valence-corrected chi connectivity index (χ0v) is 12.9. The van der Waals surface area contributed by atoms with E-state index in [2.05, 4.69) is 13.8 Å². The van der Waals surface area contributed by atoms with Crippen molar-refractivity contribution >= 4 is 5.91 Å². The van der Waals surface area contributed by atoms with Crippen molar-refractivity contribution in [1.82, 2.24) is 0 Å². The van der Waals surface area contributed by atoms with Crippen LogP contribution in [-0.2, 0) is 9.53 Å². The van der Waals surface area contributed by atoms with Crippen LogP contribution >= 0.6 is 0 Å². The van der Waals surface area contributed by atoms with Crippen molar-refractivity contribution in [2.45, 2.75) is 70.4 Å². The molecule has 2 aliphatic carbocycles. The lowest BCUT2D eigenvalue weighted by atomic mass is 9.80. The highest BCUT2D eigenvalue weighted by Crippen LogP contribution is 2.36. The summed E-state index contributed by atoms with van der Waals surface area (Å²) in [5, 5.41) is 0. The van der Waals surface area contributed by atoms with Crippen LogP contribution in [-0.4, -0.2) is 24.2 Å². The minimum atomic E-state index is -0.794. The van der Waals surface area contributed by atoms with E-state index in [1.165, 1.54) is 12.8 Å². The van der Waals surface area contributed by atoms with E-state index in [0.717, 1.165) is 43.9 Å². The predicted octanol–water partition coefficient (Wildman–Crippen LogP) is 2.20. The molecule has 20 heavy (non-hydrogen) atoms. The van der Waals surface area contributed by atoms with E-state index in [-0.39, 0.29) is 11.8 Å². The SMILES string of the molecule is CC1CCC(OCCC2CCCC2(N)C(N)=O)CC1C. The van der Waals surface area contributed by atoms with Crippen molar-refractivity contribution < 1.29 is 9.53 Å². The van der Waals surface area contributed by atoms with E-state index in [4.69, 9.17) is 16.2 Å². The van der Waals surface area contributed by atoms with Gasteiger partial charge in [0.1, 0.15) is 0 Å². The average molecular weight is 282 g/mol. The molecule has 116 valence electrons. The van der Waals surface area contributed by atoms with E-state index < -0.39 is 5.54 Å². The summed E-state index contributed by atoms with van der Waals surface area (Å²) in [6.07, 6.45) is 7.57. The Morgan fingerprint density at radius 2 is 2.00 bits per heavy atom. The third kappa shape index (κ3) is 3.34. The molecule has 0 aromatic rings. The summed E-state index contributed by atoms with van der Waals surface area (Å²) in [6.45, 7) is 5.35. The standard InChI is InChI=1S/C16H30N2O2/c1-11-5-6-14(10-12(11)2)20-9-7-13-4-3-8-16(13,18)15(17)19/h11-14H,3-10,18H2,1-2H3,(H2,17,19). The summed E-state index contributed by atoms with van der Waals surface area (Å²) in [5.74, 6) is 1.41. The van der Waals surface area contributed by atoms with Gasteiger partial charge < -0.3 is 16.2 Å². The van der Waals surface area contributed by atoms with E-state index >= 15 is 0 Å².